The summed E-state index contributed by atoms with van der Waals surface area (Å²) in [5.41, 5.74) is 2.42. The quantitative estimate of drug-likeness (QED) is 0.696. The third-order valence-corrected chi connectivity index (χ3v) is 5.92. The average Bonchev–Trinajstić information content (AvgIpc) is 3.31. The van der Waals surface area contributed by atoms with Crippen LogP contribution in [0.5, 0.6) is 11.5 Å². The number of benzene rings is 2. The van der Waals surface area contributed by atoms with Crippen molar-refractivity contribution in [2.24, 2.45) is 0 Å². The minimum Gasteiger partial charge on any atom is -0.493 e. The second-order valence-corrected chi connectivity index (χ2v) is 7.90. The van der Waals surface area contributed by atoms with Crippen molar-refractivity contribution in [1.29, 1.82) is 0 Å². The first-order valence-electron chi connectivity index (χ1n) is 10.1. The van der Waals surface area contributed by atoms with E-state index in [0.29, 0.717) is 22.7 Å². The first kappa shape index (κ1) is 20.7. The van der Waals surface area contributed by atoms with Gasteiger partial charge in [-0.3, -0.25) is 14.5 Å². The number of rotatable bonds is 6. The van der Waals surface area contributed by atoms with Gasteiger partial charge in [-0.1, -0.05) is 12.1 Å². The number of urea groups is 1. The van der Waals surface area contributed by atoms with E-state index in [2.05, 4.69) is 10.6 Å². The number of hydrogen-bond donors (Lipinski definition) is 2. The SMILES string of the molecule is COc1ccc([C@@]2(C)NC(=O)N(CC(=O)Nc3ccc4c(c3)CCC4)C2=O)cc1OC. The number of fused-ring (bicyclic) bond motifs is 1. The number of carbonyl (C=O) groups is 3. The zero-order valence-corrected chi connectivity index (χ0v) is 17.8. The molecule has 0 bridgehead atoms. The molecule has 0 unspecified atom stereocenters. The Labute approximate surface area is 180 Å². The molecule has 2 aromatic carbocycles. The molecule has 4 amide bonds. The standard InChI is InChI=1S/C23H25N3O5/c1-23(16-8-10-18(30-2)19(12-16)31-3)21(28)26(22(29)25-23)13-20(27)24-17-9-7-14-5-4-6-15(14)11-17/h7-12H,4-6,13H2,1-3H3,(H,24,27)(H,25,29)/t23-/m1/s1. The lowest BCUT2D eigenvalue weighted by Gasteiger charge is -2.23. The highest BCUT2D eigenvalue weighted by Crippen LogP contribution is 2.35. The highest BCUT2D eigenvalue weighted by atomic mass is 16.5. The minimum absolute atomic E-state index is 0.370. The molecule has 31 heavy (non-hydrogen) atoms. The minimum atomic E-state index is -1.31. The molecular formula is C23H25N3O5. The van der Waals surface area contributed by atoms with Gasteiger partial charge in [0.2, 0.25) is 5.91 Å². The molecule has 0 radical (unpaired) electrons. The van der Waals surface area contributed by atoms with Gasteiger partial charge in [0.25, 0.3) is 5.91 Å². The number of carbonyl (C=O) groups excluding carboxylic acids is 3. The summed E-state index contributed by atoms with van der Waals surface area (Å²) in [4.78, 5) is 39.2. The first-order valence-corrected chi connectivity index (χ1v) is 10.1. The summed E-state index contributed by atoms with van der Waals surface area (Å²) in [5.74, 6) is 0.0140. The van der Waals surface area contributed by atoms with Gasteiger partial charge in [-0.25, -0.2) is 4.79 Å². The number of ether oxygens (including phenoxy) is 2. The Morgan fingerprint density at radius 1 is 1.06 bits per heavy atom. The Kier molecular flexibility index (Phi) is 5.31. The molecule has 162 valence electrons. The van der Waals surface area contributed by atoms with Gasteiger partial charge in [0, 0.05) is 5.69 Å². The molecular weight excluding hydrogens is 398 g/mol. The Morgan fingerprint density at radius 3 is 2.55 bits per heavy atom. The van der Waals surface area contributed by atoms with Gasteiger partial charge in [-0.05, 0) is 67.1 Å². The van der Waals surface area contributed by atoms with Gasteiger partial charge in [0.1, 0.15) is 12.1 Å². The highest BCUT2D eigenvalue weighted by Gasteiger charge is 2.49. The fourth-order valence-corrected chi connectivity index (χ4v) is 4.18. The molecule has 0 aromatic heterocycles. The molecule has 2 aromatic rings. The predicted octanol–water partition coefficient (Wildman–Crippen LogP) is 2.60. The van der Waals surface area contributed by atoms with E-state index in [4.69, 9.17) is 9.47 Å². The van der Waals surface area contributed by atoms with Gasteiger partial charge >= 0.3 is 6.03 Å². The topological polar surface area (TPSA) is 97.0 Å². The lowest BCUT2D eigenvalue weighted by atomic mass is 9.91. The van der Waals surface area contributed by atoms with Crippen LogP contribution in [0.15, 0.2) is 36.4 Å². The van der Waals surface area contributed by atoms with Crippen LogP contribution in [0.3, 0.4) is 0 Å². The van der Waals surface area contributed by atoms with Crippen molar-refractivity contribution in [3.63, 3.8) is 0 Å². The molecule has 1 aliphatic carbocycles. The zero-order chi connectivity index (χ0) is 22.2. The maximum atomic E-state index is 13.1. The maximum Gasteiger partial charge on any atom is 0.325 e. The van der Waals surface area contributed by atoms with Crippen molar-refractivity contribution in [3.05, 3.63) is 53.1 Å². The predicted molar refractivity (Wildman–Crippen MR) is 114 cm³/mol. The van der Waals surface area contributed by atoms with Gasteiger partial charge in [0.15, 0.2) is 11.5 Å². The number of nitrogens with one attached hydrogen (secondary N) is 2. The van der Waals surface area contributed by atoms with Crippen LogP contribution in [0, 0.1) is 0 Å². The second-order valence-electron chi connectivity index (χ2n) is 7.90. The van der Waals surface area contributed by atoms with E-state index in [0.717, 1.165) is 24.2 Å². The molecule has 4 rings (SSSR count). The molecule has 8 heteroatoms. The van der Waals surface area contributed by atoms with Gasteiger partial charge in [0.05, 0.1) is 14.2 Å². The smallest absolute Gasteiger partial charge is 0.325 e. The number of amides is 4. The van der Waals surface area contributed by atoms with E-state index in [1.54, 1.807) is 25.1 Å². The molecule has 1 saturated heterocycles. The average molecular weight is 423 g/mol. The fourth-order valence-electron chi connectivity index (χ4n) is 4.18. The largest absolute Gasteiger partial charge is 0.493 e. The third kappa shape index (κ3) is 3.69. The summed E-state index contributed by atoms with van der Waals surface area (Å²) in [6.07, 6.45) is 3.17. The maximum absolute atomic E-state index is 13.1. The summed E-state index contributed by atoms with van der Waals surface area (Å²) in [7, 11) is 3.01. The molecule has 1 atom stereocenters. The molecule has 0 spiro atoms. The molecule has 1 aliphatic heterocycles. The summed E-state index contributed by atoms with van der Waals surface area (Å²) < 4.78 is 10.5. The normalized spacial score (nSPS) is 19.8. The summed E-state index contributed by atoms with van der Waals surface area (Å²) >= 11 is 0. The Balaban J connectivity index is 1.49. The Morgan fingerprint density at radius 2 is 1.81 bits per heavy atom. The number of imide groups is 1. The lowest BCUT2D eigenvalue weighted by molar-refractivity contribution is -0.133. The van der Waals surface area contributed by atoms with Crippen molar-refractivity contribution in [2.45, 2.75) is 31.7 Å². The van der Waals surface area contributed by atoms with Crippen molar-refractivity contribution in [2.75, 3.05) is 26.1 Å². The first-order chi connectivity index (χ1) is 14.9. The number of aryl methyl sites for hydroxylation is 2. The van der Waals surface area contributed by atoms with Crippen LogP contribution in [0.4, 0.5) is 10.5 Å². The lowest BCUT2D eigenvalue weighted by Crippen LogP contribution is -2.42. The van der Waals surface area contributed by atoms with E-state index in [9.17, 15) is 14.4 Å². The molecule has 2 aliphatic rings. The van der Waals surface area contributed by atoms with Crippen molar-refractivity contribution >= 4 is 23.5 Å². The van der Waals surface area contributed by atoms with E-state index in [1.165, 1.54) is 25.3 Å². The molecule has 8 nitrogen and oxygen atoms in total. The Bertz CT molecular complexity index is 1070. The van der Waals surface area contributed by atoms with Crippen LogP contribution >= 0.6 is 0 Å². The second kappa shape index (κ2) is 7.94. The van der Waals surface area contributed by atoms with Crippen LogP contribution in [0.1, 0.15) is 30.0 Å². The number of hydrogen-bond acceptors (Lipinski definition) is 5. The van der Waals surface area contributed by atoms with E-state index in [1.807, 2.05) is 18.2 Å². The summed E-state index contributed by atoms with van der Waals surface area (Å²) in [5, 5.41) is 5.49. The van der Waals surface area contributed by atoms with E-state index < -0.39 is 23.4 Å². The van der Waals surface area contributed by atoms with Crippen molar-refractivity contribution in [1.82, 2.24) is 10.2 Å². The molecule has 0 saturated carbocycles. The van der Waals surface area contributed by atoms with Gasteiger partial charge < -0.3 is 20.1 Å². The van der Waals surface area contributed by atoms with E-state index in [-0.39, 0.29) is 6.54 Å². The van der Waals surface area contributed by atoms with Crippen LogP contribution in [0.25, 0.3) is 0 Å². The summed E-state index contributed by atoms with van der Waals surface area (Å²) in [6.45, 7) is 1.23. The zero-order valence-electron chi connectivity index (χ0n) is 17.8. The van der Waals surface area contributed by atoms with Gasteiger partial charge in [-0.15, -0.1) is 0 Å². The van der Waals surface area contributed by atoms with Crippen molar-refractivity contribution < 1.29 is 23.9 Å². The van der Waals surface area contributed by atoms with Crippen molar-refractivity contribution in [3.8, 4) is 11.5 Å². The van der Waals surface area contributed by atoms with E-state index >= 15 is 0 Å². The Hall–Kier alpha value is -3.55. The number of nitrogens with zero attached hydrogens (tertiary/aromatic N) is 1. The molecule has 1 fully saturated rings. The number of anilines is 1. The monoisotopic (exact) mass is 423 g/mol. The highest BCUT2D eigenvalue weighted by molar-refractivity contribution is 6.10. The van der Waals surface area contributed by atoms with Crippen LogP contribution < -0.4 is 20.1 Å². The van der Waals surface area contributed by atoms with Crippen LogP contribution in [0.2, 0.25) is 0 Å². The fraction of sp³-hybridized carbons (Fsp3) is 0.348. The summed E-state index contributed by atoms with van der Waals surface area (Å²) in [6, 6.07) is 10.2. The third-order valence-electron chi connectivity index (χ3n) is 5.92. The molecule has 1 heterocycles. The van der Waals surface area contributed by atoms with Crippen LogP contribution in [-0.2, 0) is 28.0 Å². The van der Waals surface area contributed by atoms with Crippen LogP contribution in [-0.4, -0.2) is 43.5 Å². The number of methoxy groups -OCH3 is 2. The molecule has 2 N–H and O–H groups in total. The van der Waals surface area contributed by atoms with Gasteiger partial charge in [-0.2, -0.15) is 0 Å².